The molecule has 3 aromatic carbocycles. The summed E-state index contributed by atoms with van der Waals surface area (Å²) in [6, 6.07) is 25.4. The summed E-state index contributed by atoms with van der Waals surface area (Å²) in [6.45, 7) is 0.326. The number of hydrogen-bond acceptors (Lipinski definition) is 3. The fourth-order valence-corrected chi connectivity index (χ4v) is 5.06. The van der Waals surface area contributed by atoms with Crippen molar-refractivity contribution in [3.63, 3.8) is 0 Å². The molecule has 2 atom stereocenters. The van der Waals surface area contributed by atoms with E-state index in [1.165, 1.54) is 17.2 Å². The molecule has 0 radical (unpaired) electrons. The Morgan fingerprint density at radius 1 is 0.844 bits per heavy atom. The van der Waals surface area contributed by atoms with Crippen LogP contribution in [0.5, 0.6) is 5.75 Å². The lowest BCUT2D eigenvalue weighted by Crippen LogP contribution is -2.34. The average molecular weight is 438 g/mol. The number of halogens is 3. The van der Waals surface area contributed by atoms with Crippen LogP contribution in [0.1, 0.15) is 11.1 Å². The van der Waals surface area contributed by atoms with Gasteiger partial charge >= 0.3 is 6.61 Å². The van der Waals surface area contributed by atoms with E-state index in [2.05, 4.69) is 58.2 Å². The number of hydrogen-bond donors (Lipinski definition) is 0. The average Bonchev–Trinajstić information content (AvgIpc) is 3.28. The molecule has 1 aliphatic heterocycles. The largest absolute Gasteiger partial charge is 0.435 e. The molecule has 0 bridgehead atoms. The SMILES string of the molecule is Fc1cc(OC(F)F)ccc1N1CC2C(C1)C2N(Cc1ccccc1)Cc1ccccc1. The fraction of sp³-hybridized carbons (Fsp3) is 0.308. The summed E-state index contributed by atoms with van der Waals surface area (Å²) in [5, 5.41) is 0. The normalized spacial score (nSPS) is 21.8. The molecule has 1 saturated carbocycles. The molecular formula is C26H25F3N2O. The fourth-order valence-electron chi connectivity index (χ4n) is 5.06. The Kier molecular flexibility index (Phi) is 5.79. The first-order valence-electron chi connectivity index (χ1n) is 10.9. The summed E-state index contributed by atoms with van der Waals surface area (Å²) in [4.78, 5) is 4.56. The maximum Gasteiger partial charge on any atom is 0.387 e. The first kappa shape index (κ1) is 20.9. The number of benzene rings is 3. The van der Waals surface area contributed by atoms with Crippen molar-refractivity contribution in [1.29, 1.82) is 0 Å². The Morgan fingerprint density at radius 3 is 1.91 bits per heavy atom. The predicted octanol–water partition coefficient (Wildman–Crippen LogP) is 5.56. The molecule has 3 nitrogen and oxygen atoms in total. The minimum Gasteiger partial charge on any atom is -0.435 e. The first-order chi connectivity index (χ1) is 15.6. The van der Waals surface area contributed by atoms with Crippen LogP contribution in [-0.2, 0) is 13.1 Å². The Bertz CT molecular complexity index is 994. The highest BCUT2D eigenvalue weighted by atomic mass is 19.3. The third-order valence-corrected chi connectivity index (χ3v) is 6.51. The van der Waals surface area contributed by atoms with Crippen molar-refractivity contribution in [2.75, 3.05) is 18.0 Å². The topological polar surface area (TPSA) is 15.7 Å². The van der Waals surface area contributed by atoms with E-state index in [0.717, 1.165) is 32.2 Å². The molecule has 166 valence electrons. The summed E-state index contributed by atoms with van der Waals surface area (Å²) in [5.74, 6) is 0.268. The van der Waals surface area contributed by atoms with E-state index in [4.69, 9.17) is 0 Å². The zero-order chi connectivity index (χ0) is 22.1. The Hall–Kier alpha value is -2.99. The summed E-state index contributed by atoms with van der Waals surface area (Å²) in [5.41, 5.74) is 3.02. The lowest BCUT2D eigenvalue weighted by atomic mass is 10.1. The van der Waals surface area contributed by atoms with Crippen molar-refractivity contribution in [3.8, 4) is 5.75 Å². The van der Waals surface area contributed by atoms with Gasteiger partial charge in [-0.25, -0.2) is 4.39 Å². The molecule has 2 unspecified atom stereocenters. The molecule has 6 heteroatoms. The van der Waals surface area contributed by atoms with Gasteiger partial charge in [-0.1, -0.05) is 60.7 Å². The van der Waals surface area contributed by atoms with Crippen LogP contribution in [0.2, 0.25) is 0 Å². The summed E-state index contributed by atoms with van der Waals surface area (Å²) in [6.07, 6.45) is 0. The van der Waals surface area contributed by atoms with Gasteiger partial charge in [0.1, 0.15) is 11.6 Å². The molecular weight excluding hydrogens is 413 g/mol. The van der Waals surface area contributed by atoms with Gasteiger partial charge in [0.15, 0.2) is 0 Å². The molecule has 2 aliphatic rings. The van der Waals surface area contributed by atoms with Crippen molar-refractivity contribution in [3.05, 3.63) is 95.8 Å². The van der Waals surface area contributed by atoms with E-state index in [1.54, 1.807) is 6.07 Å². The van der Waals surface area contributed by atoms with E-state index in [1.807, 2.05) is 17.0 Å². The van der Waals surface area contributed by atoms with Gasteiger partial charge in [-0.2, -0.15) is 8.78 Å². The zero-order valence-electron chi connectivity index (χ0n) is 17.6. The van der Waals surface area contributed by atoms with Crippen molar-refractivity contribution in [1.82, 2.24) is 4.90 Å². The summed E-state index contributed by atoms with van der Waals surface area (Å²) < 4.78 is 43.6. The third-order valence-electron chi connectivity index (χ3n) is 6.51. The zero-order valence-corrected chi connectivity index (χ0v) is 17.6. The number of anilines is 1. The van der Waals surface area contributed by atoms with Gasteiger partial charge in [0, 0.05) is 38.3 Å². The number of fused-ring (bicyclic) bond motifs is 1. The van der Waals surface area contributed by atoms with Gasteiger partial charge in [0.2, 0.25) is 0 Å². The Morgan fingerprint density at radius 2 is 1.41 bits per heavy atom. The van der Waals surface area contributed by atoms with Gasteiger partial charge in [-0.15, -0.1) is 0 Å². The molecule has 0 N–H and O–H groups in total. The van der Waals surface area contributed by atoms with Crippen molar-refractivity contribution in [2.45, 2.75) is 25.7 Å². The van der Waals surface area contributed by atoms with Crippen LogP contribution in [0.25, 0.3) is 0 Å². The van der Waals surface area contributed by atoms with Gasteiger partial charge < -0.3 is 9.64 Å². The highest BCUT2D eigenvalue weighted by molar-refractivity contribution is 5.53. The highest BCUT2D eigenvalue weighted by Crippen LogP contribution is 2.51. The van der Waals surface area contributed by atoms with Gasteiger partial charge in [0.05, 0.1) is 5.69 Å². The molecule has 1 heterocycles. The van der Waals surface area contributed by atoms with Crippen LogP contribution in [0.4, 0.5) is 18.9 Å². The molecule has 0 aromatic heterocycles. The van der Waals surface area contributed by atoms with Crippen molar-refractivity contribution >= 4 is 5.69 Å². The maximum atomic E-state index is 14.5. The van der Waals surface area contributed by atoms with Gasteiger partial charge in [-0.3, -0.25) is 4.90 Å². The lowest BCUT2D eigenvalue weighted by Gasteiger charge is -2.29. The number of nitrogens with zero attached hydrogens (tertiary/aromatic N) is 2. The van der Waals surface area contributed by atoms with E-state index >= 15 is 0 Å². The van der Waals surface area contributed by atoms with E-state index in [0.29, 0.717) is 23.6 Å². The van der Waals surface area contributed by atoms with Crippen LogP contribution >= 0.6 is 0 Å². The van der Waals surface area contributed by atoms with Gasteiger partial charge in [-0.05, 0) is 35.1 Å². The second-order valence-corrected chi connectivity index (χ2v) is 8.59. The molecule has 5 rings (SSSR count). The molecule has 1 aliphatic carbocycles. The minimum atomic E-state index is -2.96. The quantitative estimate of drug-likeness (QED) is 0.458. The van der Waals surface area contributed by atoms with Crippen molar-refractivity contribution in [2.24, 2.45) is 11.8 Å². The number of rotatable bonds is 8. The highest BCUT2D eigenvalue weighted by Gasteiger charge is 2.58. The Balaban J connectivity index is 1.28. The van der Waals surface area contributed by atoms with Crippen LogP contribution in [0, 0.1) is 17.7 Å². The number of ether oxygens (including phenoxy) is 1. The number of alkyl halides is 2. The van der Waals surface area contributed by atoms with Crippen molar-refractivity contribution < 1.29 is 17.9 Å². The lowest BCUT2D eigenvalue weighted by molar-refractivity contribution is -0.0499. The smallest absolute Gasteiger partial charge is 0.387 e. The number of piperidine rings is 1. The maximum absolute atomic E-state index is 14.5. The van der Waals surface area contributed by atoms with E-state index in [-0.39, 0.29) is 5.75 Å². The first-order valence-corrected chi connectivity index (χ1v) is 10.9. The van der Waals surface area contributed by atoms with E-state index < -0.39 is 12.4 Å². The Labute approximate surface area is 186 Å². The van der Waals surface area contributed by atoms with Gasteiger partial charge in [0.25, 0.3) is 0 Å². The molecule has 0 spiro atoms. The second kappa shape index (κ2) is 8.87. The van der Waals surface area contributed by atoms with Crippen LogP contribution in [0.3, 0.4) is 0 Å². The molecule has 1 saturated heterocycles. The van der Waals surface area contributed by atoms with Crippen LogP contribution < -0.4 is 9.64 Å². The summed E-state index contributed by atoms with van der Waals surface area (Å²) >= 11 is 0. The predicted molar refractivity (Wildman–Crippen MR) is 118 cm³/mol. The van der Waals surface area contributed by atoms with Crippen LogP contribution in [0.15, 0.2) is 78.9 Å². The summed E-state index contributed by atoms with van der Waals surface area (Å²) in [7, 11) is 0. The molecule has 2 fully saturated rings. The molecule has 32 heavy (non-hydrogen) atoms. The van der Waals surface area contributed by atoms with Crippen LogP contribution in [-0.4, -0.2) is 30.6 Å². The molecule has 0 amide bonds. The monoisotopic (exact) mass is 438 g/mol. The molecule has 3 aromatic rings. The second-order valence-electron chi connectivity index (χ2n) is 8.59. The third kappa shape index (κ3) is 4.46. The minimum absolute atomic E-state index is 0.152. The standard InChI is InChI=1S/C26H25F3N2O/c27-23-13-20(32-26(28)29)11-12-24(23)30-16-21-22(17-30)25(21)31(14-18-7-3-1-4-8-18)15-19-9-5-2-6-10-19/h1-13,21-22,25-26H,14-17H2. The van der Waals surface area contributed by atoms with E-state index in [9.17, 15) is 13.2 Å².